The van der Waals surface area contributed by atoms with Crippen molar-refractivity contribution < 1.29 is 4.79 Å². The van der Waals surface area contributed by atoms with Crippen molar-refractivity contribution in [2.75, 3.05) is 33.7 Å². The summed E-state index contributed by atoms with van der Waals surface area (Å²) in [5.74, 6) is 0.767. The quantitative estimate of drug-likeness (QED) is 0.778. The van der Waals surface area contributed by atoms with Crippen LogP contribution in [0.15, 0.2) is 0 Å². The van der Waals surface area contributed by atoms with E-state index in [4.69, 9.17) is 0 Å². The van der Waals surface area contributed by atoms with Gasteiger partial charge in [0.2, 0.25) is 0 Å². The summed E-state index contributed by atoms with van der Waals surface area (Å²) < 4.78 is 0. The predicted octanol–water partition coefficient (Wildman–Crippen LogP) is 1.13. The molecule has 1 heterocycles. The van der Waals surface area contributed by atoms with E-state index >= 15 is 0 Å². The van der Waals surface area contributed by atoms with E-state index in [1.807, 2.05) is 19.0 Å². The average Bonchev–Trinajstić information content (AvgIpc) is 2.90. The molecule has 0 spiro atoms. The lowest BCUT2D eigenvalue weighted by Crippen LogP contribution is -2.44. The van der Waals surface area contributed by atoms with Crippen LogP contribution in [-0.4, -0.2) is 55.6 Å². The highest BCUT2D eigenvalue weighted by atomic mass is 16.2. The molecule has 1 aliphatic carbocycles. The standard InChI is InChI=1S/C12H23N3O/c1-13-11(10-5-3-4-6-10)9-15-8-7-14(2)12(15)16/h10-11,13H,3-9H2,1-2H3. The van der Waals surface area contributed by atoms with Crippen LogP contribution in [0.25, 0.3) is 0 Å². The highest BCUT2D eigenvalue weighted by molar-refractivity contribution is 5.76. The van der Waals surface area contributed by atoms with E-state index in [1.54, 1.807) is 4.90 Å². The number of nitrogens with one attached hydrogen (secondary N) is 1. The largest absolute Gasteiger partial charge is 0.326 e. The Labute approximate surface area is 98.0 Å². The first kappa shape index (κ1) is 11.7. The highest BCUT2D eigenvalue weighted by Crippen LogP contribution is 2.28. The maximum absolute atomic E-state index is 11.8. The Kier molecular flexibility index (Phi) is 3.69. The molecule has 1 aliphatic heterocycles. The van der Waals surface area contributed by atoms with Gasteiger partial charge in [0.1, 0.15) is 0 Å². The van der Waals surface area contributed by atoms with Crippen LogP contribution < -0.4 is 5.32 Å². The van der Waals surface area contributed by atoms with Gasteiger partial charge in [-0.05, 0) is 25.8 Å². The predicted molar refractivity (Wildman–Crippen MR) is 64.4 cm³/mol. The number of likely N-dealkylation sites (N-methyl/N-ethyl adjacent to an activating group) is 2. The molecule has 92 valence electrons. The Bertz CT molecular complexity index is 251. The number of nitrogens with zero attached hydrogens (tertiary/aromatic N) is 2. The van der Waals surface area contributed by atoms with Crippen LogP contribution >= 0.6 is 0 Å². The van der Waals surface area contributed by atoms with E-state index in [0.717, 1.165) is 25.6 Å². The highest BCUT2D eigenvalue weighted by Gasteiger charge is 2.31. The molecule has 1 unspecified atom stereocenters. The molecule has 0 aromatic rings. The molecule has 2 rings (SSSR count). The van der Waals surface area contributed by atoms with Crippen molar-refractivity contribution >= 4 is 6.03 Å². The molecule has 0 aromatic heterocycles. The molecule has 0 bridgehead atoms. The minimum atomic E-state index is 0.193. The molecular formula is C12H23N3O. The number of hydrogen-bond acceptors (Lipinski definition) is 2. The lowest BCUT2D eigenvalue weighted by atomic mass is 9.98. The molecule has 2 fully saturated rings. The number of amides is 2. The second kappa shape index (κ2) is 5.04. The van der Waals surface area contributed by atoms with Crippen molar-refractivity contribution in [2.24, 2.45) is 5.92 Å². The molecule has 1 N–H and O–H groups in total. The summed E-state index contributed by atoms with van der Waals surface area (Å²) in [7, 11) is 3.90. The van der Waals surface area contributed by atoms with Gasteiger partial charge in [-0.3, -0.25) is 0 Å². The van der Waals surface area contributed by atoms with Crippen LogP contribution in [0.4, 0.5) is 4.79 Å². The summed E-state index contributed by atoms with van der Waals surface area (Å²) in [5, 5.41) is 3.39. The minimum absolute atomic E-state index is 0.193. The van der Waals surface area contributed by atoms with Crippen molar-refractivity contribution in [1.29, 1.82) is 0 Å². The molecule has 16 heavy (non-hydrogen) atoms. The molecule has 1 atom stereocenters. The molecule has 4 nitrogen and oxygen atoms in total. The van der Waals surface area contributed by atoms with Gasteiger partial charge in [0.25, 0.3) is 0 Å². The van der Waals surface area contributed by atoms with Crippen LogP contribution in [0.3, 0.4) is 0 Å². The van der Waals surface area contributed by atoms with E-state index in [-0.39, 0.29) is 6.03 Å². The summed E-state index contributed by atoms with van der Waals surface area (Å²) in [4.78, 5) is 15.6. The van der Waals surface area contributed by atoms with Gasteiger partial charge in [-0.25, -0.2) is 4.79 Å². The van der Waals surface area contributed by atoms with Crippen molar-refractivity contribution in [3.8, 4) is 0 Å². The van der Waals surface area contributed by atoms with E-state index in [2.05, 4.69) is 5.32 Å². The Balaban J connectivity index is 1.88. The fourth-order valence-corrected chi connectivity index (χ4v) is 2.95. The van der Waals surface area contributed by atoms with Gasteiger partial charge in [0, 0.05) is 32.7 Å². The van der Waals surface area contributed by atoms with Crippen LogP contribution in [0.5, 0.6) is 0 Å². The van der Waals surface area contributed by atoms with Crippen molar-refractivity contribution in [2.45, 2.75) is 31.7 Å². The molecule has 2 amide bonds. The molecule has 0 aromatic carbocycles. The number of carbonyl (C=O) groups is 1. The molecule has 2 aliphatic rings. The summed E-state index contributed by atoms with van der Waals surface area (Å²) in [6, 6.07) is 0.677. The summed E-state index contributed by atoms with van der Waals surface area (Å²) >= 11 is 0. The van der Waals surface area contributed by atoms with Crippen LogP contribution in [0.2, 0.25) is 0 Å². The summed E-state index contributed by atoms with van der Waals surface area (Å²) in [6.07, 6.45) is 5.36. The van der Waals surface area contributed by atoms with E-state index in [1.165, 1.54) is 25.7 Å². The van der Waals surface area contributed by atoms with Gasteiger partial charge < -0.3 is 15.1 Å². The maximum atomic E-state index is 11.8. The van der Waals surface area contributed by atoms with Gasteiger partial charge in [-0.1, -0.05) is 12.8 Å². The zero-order valence-electron chi connectivity index (χ0n) is 10.4. The lowest BCUT2D eigenvalue weighted by Gasteiger charge is -2.27. The Morgan fingerprint density at radius 2 is 2.06 bits per heavy atom. The third-order valence-electron chi connectivity index (χ3n) is 4.06. The van der Waals surface area contributed by atoms with E-state index < -0.39 is 0 Å². The van der Waals surface area contributed by atoms with Gasteiger partial charge in [0.15, 0.2) is 0 Å². The summed E-state index contributed by atoms with van der Waals surface area (Å²) in [6.45, 7) is 2.64. The summed E-state index contributed by atoms with van der Waals surface area (Å²) in [5.41, 5.74) is 0. The van der Waals surface area contributed by atoms with Crippen molar-refractivity contribution in [3.63, 3.8) is 0 Å². The Morgan fingerprint density at radius 1 is 1.38 bits per heavy atom. The van der Waals surface area contributed by atoms with Gasteiger partial charge in [-0.15, -0.1) is 0 Å². The molecular weight excluding hydrogens is 202 g/mol. The Hall–Kier alpha value is -0.770. The normalized spacial score (nSPS) is 24.5. The Morgan fingerprint density at radius 3 is 2.56 bits per heavy atom. The third kappa shape index (κ3) is 2.32. The topological polar surface area (TPSA) is 35.6 Å². The smallest absolute Gasteiger partial charge is 0.319 e. The third-order valence-corrected chi connectivity index (χ3v) is 4.06. The number of hydrogen-bond donors (Lipinski definition) is 1. The minimum Gasteiger partial charge on any atom is -0.326 e. The monoisotopic (exact) mass is 225 g/mol. The second-order valence-corrected chi connectivity index (χ2v) is 5.09. The SMILES string of the molecule is CNC(CN1CCN(C)C1=O)C1CCCC1. The van der Waals surface area contributed by atoms with Gasteiger partial charge in [-0.2, -0.15) is 0 Å². The molecule has 1 saturated carbocycles. The van der Waals surface area contributed by atoms with Crippen LogP contribution in [0.1, 0.15) is 25.7 Å². The fraction of sp³-hybridized carbons (Fsp3) is 0.917. The molecule has 4 heteroatoms. The average molecular weight is 225 g/mol. The van der Waals surface area contributed by atoms with Crippen LogP contribution in [0, 0.1) is 5.92 Å². The van der Waals surface area contributed by atoms with Crippen molar-refractivity contribution in [1.82, 2.24) is 15.1 Å². The first-order valence-corrected chi connectivity index (χ1v) is 6.39. The van der Waals surface area contributed by atoms with Gasteiger partial charge in [0.05, 0.1) is 0 Å². The maximum Gasteiger partial charge on any atom is 0.319 e. The number of urea groups is 1. The lowest BCUT2D eigenvalue weighted by molar-refractivity contribution is 0.188. The van der Waals surface area contributed by atoms with Gasteiger partial charge >= 0.3 is 6.03 Å². The zero-order valence-corrected chi connectivity index (χ0v) is 10.4. The van der Waals surface area contributed by atoms with E-state index in [0.29, 0.717) is 6.04 Å². The van der Waals surface area contributed by atoms with Crippen molar-refractivity contribution in [3.05, 3.63) is 0 Å². The van der Waals surface area contributed by atoms with Crippen LogP contribution in [-0.2, 0) is 0 Å². The fourth-order valence-electron chi connectivity index (χ4n) is 2.95. The molecule has 0 radical (unpaired) electrons. The molecule has 1 saturated heterocycles. The second-order valence-electron chi connectivity index (χ2n) is 5.09. The number of carbonyl (C=O) groups excluding carboxylic acids is 1. The number of rotatable bonds is 4. The zero-order chi connectivity index (χ0) is 11.5. The first-order chi connectivity index (χ1) is 7.72. The first-order valence-electron chi connectivity index (χ1n) is 6.39. The van der Waals surface area contributed by atoms with E-state index in [9.17, 15) is 4.79 Å².